The number of benzene rings is 1. The van der Waals surface area contributed by atoms with Gasteiger partial charge >= 0.3 is 0 Å². The number of thiophene rings is 1. The second-order valence-electron chi connectivity index (χ2n) is 6.58. The molecule has 2 heterocycles. The van der Waals surface area contributed by atoms with Crippen LogP contribution in [0.15, 0.2) is 52.8 Å². The molecule has 27 heavy (non-hydrogen) atoms. The van der Waals surface area contributed by atoms with Gasteiger partial charge in [-0.1, -0.05) is 36.4 Å². The monoisotopic (exact) mass is 500 g/mol. The lowest BCUT2D eigenvalue weighted by molar-refractivity contribution is 0.0176. The number of halogens is 1. The highest BCUT2D eigenvalue weighted by Gasteiger charge is 2.23. The number of nitrogens with zero attached hydrogens (tertiary/aromatic N) is 3. The molecule has 1 aromatic carbocycles. The Hall–Kier alpha value is -1.16. The molecule has 3 rings (SSSR count). The Kier molecular flexibility index (Phi) is 9.53. The maximum atomic E-state index is 5.53. The predicted octanol–water partition coefficient (Wildman–Crippen LogP) is 3.45. The number of guanidine groups is 1. The Bertz CT molecular complexity index is 673. The zero-order valence-corrected chi connectivity index (χ0v) is 19.2. The Morgan fingerprint density at radius 2 is 1.93 bits per heavy atom. The molecule has 5 nitrogen and oxygen atoms in total. The largest absolute Gasteiger partial charge is 0.379 e. The highest BCUT2D eigenvalue weighted by atomic mass is 127. The Balaban J connectivity index is 0.00000261. The topological polar surface area (TPSA) is 40.1 Å². The molecule has 1 N–H and O–H groups in total. The van der Waals surface area contributed by atoms with Crippen molar-refractivity contribution in [3.63, 3.8) is 0 Å². The fraction of sp³-hybridized carbons (Fsp3) is 0.450. The third kappa shape index (κ3) is 6.74. The molecule has 0 spiro atoms. The molecule has 148 valence electrons. The Labute approximate surface area is 183 Å². The molecule has 0 amide bonds. The lowest BCUT2D eigenvalue weighted by atomic mass is 10.2. The summed E-state index contributed by atoms with van der Waals surface area (Å²) in [4.78, 5) is 10.7. The molecule has 1 aliphatic heterocycles. The number of hydrogen-bond acceptors (Lipinski definition) is 4. The summed E-state index contributed by atoms with van der Waals surface area (Å²) in [6, 6.07) is 15.1. The number of rotatable bonds is 6. The minimum absolute atomic E-state index is 0. The molecule has 1 unspecified atom stereocenters. The molecule has 0 radical (unpaired) electrons. The van der Waals surface area contributed by atoms with Crippen LogP contribution in [0.4, 0.5) is 0 Å². The van der Waals surface area contributed by atoms with Gasteiger partial charge in [-0.3, -0.25) is 4.90 Å². The van der Waals surface area contributed by atoms with Gasteiger partial charge in [-0.05, 0) is 17.0 Å². The quantitative estimate of drug-likeness (QED) is 0.375. The molecule has 1 saturated heterocycles. The van der Waals surface area contributed by atoms with Gasteiger partial charge in [0.05, 0.1) is 25.8 Å². The van der Waals surface area contributed by atoms with Gasteiger partial charge in [-0.2, -0.15) is 0 Å². The van der Waals surface area contributed by atoms with Gasteiger partial charge in [-0.15, -0.1) is 35.3 Å². The first-order chi connectivity index (χ1) is 12.7. The lowest BCUT2D eigenvalue weighted by Crippen LogP contribution is -2.45. The standard InChI is InChI=1S/C20H28N4OS.HI/c1-23(2)20(21-15-17-7-4-3-5-8-17)22-16-18(19-9-6-14-26-19)24-10-12-25-13-11-24;/h3-9,14,18H,10-13,15-16H2,1-2H3,(H,21,22);1H. The number of hydrogen-bond donors (Lipinski definition) is 1. The second kappa shape index (κ2) is 11.6. The molecule has 2 aromatic rings. The first-order valence-corrected chi connectivity index (χ1v) is 9.97. The van der Waals surface area contributed by atoms with E-state index < -0.39 is 0 Å². The summed E-state index contributed by atoms with van der Waals surface area (Å²) in [7, 11) is 4.07. The van der Waals surface area contributed by atoms with E-state index in [1.165, 1.54) is 10.4 Å². The van der Waals surface area contributed by atoms with Crippen molar-refractivity contribution in [1.29, 1.82) is 0 Å². The Morgan fingerprint density at radius 1 is 1.19 bits per heavy atom. The van der Waals surface area contributed by atoms with Crippen molar-refractivity contribution in [3.8, 4) is 0 Å². The van der Waals surface area contributed by atoms with Crippen LogP contribution in [0, 0.1) is 0 Å². The molecule has 1 fully saturated rings. The predicted molar refractivity (Wildman–Crippen MR) is 124 cm³/mol. The minimum atomic E-state index is 0. The van der Waals surface area contributed by atoms with E-state index in [0.717, 1.165) is 38.8 Å². The Morgan fingerprint density at radius 3 is 2.56 bits per heavy atom. The maximum absolute atomic E-state index is 5.53. The van der Waals surface area contributed by atoms with Gasteiger partial charge < -0.3 is 15.0 Å². The van der Waals surface area contributed by atoms with Crippen LogP contribution >= 0.6 is 35.3 Å². The van der Waals surface area contributed by atoms with Crippen LogP contribution in [0.1, 0.15) is 16.5 Å². The average Bonchev–Trinajstić information content (AvgIpc) is 3.20. The number of nitrogens with one attached hydrogen (secondary N) is 1. The molecule has 0 saturated carbocycles. The zero-order valence-electron chi connectivity index (χ0n) is 16.0. The van der Waals surface area contributed by atoms with Gasteiger partial charge in [0.15, 0.2) is 5.96 Å². The van der Waals surface area contributed by atoms with Gasteiger partial charge in [-0.25, -0.2) is 4.99 Å². The number of morpholine rings is 1. The normalized spacial score (nSPS) is 16.4. The van der Waals surface area contributed by atoms with Crippen molar-refractivity contribution < 1.29 is 4.74 Å². The summed E-state index contributed by atoms with van der Waals surface area (Å²) in [5.41, 5.74) is 1.22. The minimum Gasteiger partial charge on any atom is -0.379 e. The summed E-state index contributed by atoms with van der Waals surface area (Å²) in [6.45, 7) is 5.09. The van der Waals surface area contributed by atoms with Crippen LogP contribution < -0.4 is 5.32 Å². The summed E-state index contributed by atoms with van der Waals surface area (Å²) >= 11 is 1.82. The van der Waals surface area contributed by atoms with E-state index in [1.54, 1.807) is 0 Å². The van der Waals surface area contributed by atoms with Crippen LogP contribution in [-0.4, -0.2) is 62.7 Å². The van der Waals surface area contributed by atoms with E-state index in [-0.39, 0.29) is 24.0 Å². The molecule has 1 atom stereocenters. The van der Waals surface area contributed by atoms with Gasteiger partial charge in [0, 0.05) is 38.6 Å². The van der Waals surface area contributed by atoms with Crippen molar-refractivity contribution in [2.75, 3.05) is 46.9 Å². The van der Waals surface area contributed by atoms with Crippen LogP contribution in [0.3, 0.4) is 0 Å². The fourth-order valence-corrected chi connectivity index (χ4v) is 3.93. The third-order valence-electron chi connectivity index (χ3n) is 4.49. The molecule has 0 bridgehead atoms. The van der Waals surface area contributed by atoms with Crippen LogP contribution in [0.25, 0.3) is 0 Å². The molecule has 0 aliphatic carbocycles. The first kappa shape index (κ1) is 22.1. The second-order valence-corrected chi connectivity index (χ2v) is 7.56. The van der Waals surface area contributed by atoms with Crippen molar-refractivity contribution in [3.05, 3.63) is 58.3 Å². The van der Waals surface area contributed by atoms with Crippen molar-refractivity contribution in [1.82, 2.24) is 15.1 Å². The van der Waals surface area contributed by atoms with Crippen molar-refractivity contribution in [2.45, 2.75) is 12.6 Å². The number of aliphatic imine (C=N–C) groups is 1. The fourth-order valence-electron chi connectivity index (χ4n) is 3.07. The average molecular weight is 500 g/mol. The third-order valence-corrected chi connectivity index (χ3v) is 5.46. The van der Waals surface area contributed by atoms with E-state index >= 15 is 0 Å². The van der Waals surface area contributed by atoms with Crippen molar-refractivity contribution >= 4 is 41.3 Å². The van der Waals surface area contributed by atoms with Gasteiger partial charge in [0.25, 0.3) is 0 Å². The SMILES string of the molecule is CN(C)C(=NCc1ccccc1)NCC(c1cccs1)N1CCOCC1.I. The van der Waals surface area contributed by atoms with Crippen LogP contribution in [0.2, 0.25) is 0 Å². The highest BCUT2D eigenvalue weighted by molar-refractivity contribution is 14.0. The molecule has 1 aromatic heterocycles. The smallest absolute Gasteiger partial charge is 0.193 e. The van der Waals surface area contributed by atoms with E-state index in [1.807, 2.05) is 36.4 Å². The van der Waals surface area contributed by atoms with Gasteiger partial charge in [0.1, 0.15) is 0 Å². The van der Waals surface area contributed by atoms with Gasteiger partial charge in [0.2, 0.25) is 0 Å². The van der Waals surface area contributed by atoms with Crippen LogP contribution in [0.5, 0.6) is 0 Å². The molecular weight excluding hydrogens is 471 g/mol. The molecule has 7 heteroatoms. The van der Waals surface area contributed by atoms with Crippen LogP contribution in [-0.2, 0) is 11.3 Å². The molecule has 1 aliphatic rings. The lowest BCUT2D eigenvalue weighted by Gasteiger charge is -2.34. The first-order valence-electron chi connectivity index (χ1n) is 9.09. The summed E-state index contributed by atoms with van der Waals surface area (Å²) in [5, 5.41) is 5.73. The molecular formula is C20H29IN4OS. The zero-order chi connectivity index (χ0) is 18.2. The van der Waals surface area contributed by atoms with E-state index in [4.69, 9.17) is 9.73 Å². The summed E-state index contributed by atoms with van der Waals surface area (Å²) in [5.74, 6) is 0.920. The van der Waals surface area contributed by atoms with E-state index in [2.05, 4.69) is 52.0 Å². The van der Waals surface area contributed by atoms with E-state index in [0.29, 0.717) is 12.6 Å². The number of ether oxygens (including phenoxy) is 1. The summed E-state index contributed by atoms with van der Waals surface area (Å²) < 4.78 is 5.53. The highest BCUT2D eigenvalue weighted by Crippen LogP contribution is 2.25. The van der Waals surface area contributed by atoms with E-state index in [9.17, 15) is 0 Å². The summed E-state index contributed by atoms with van der Waals surface area (Å²) in [6.07, 6.45) is 0. The van der Waals surface area contributed by atoms with Crippen molar-refractivity contribution in [2.24, 2.45) is 4.99 Å². The maximum Gasteiger partial charge on any atom is 0.193 e.